The molecule has 3 aromatic rings. The summed E-state index contributed by atoms with van der Waals surface area (Å²) in [5.74, 6) is -0.269. The fourth-order valence-electron chi connectivity index (χ4n) is 2.42. The predicted octanol–water partition coefficient (Wildman–Crippen LogP) is 3.42. The first-order chi connectivity index (χ1) is 12.5. The topological polar surface area (TPSA) is 75.3 Å². The highest BCUT2D eigenvalue weighted by Crippen LogP contribution is 2.17. The molecule has 0 unspecified atom stereocenters. The minimum atomic E-state index is -3.69. The number of nitrogens with one attached hydrogen (secondary N) is 2. The third-order valence-corrected chi connectivity index (χ3v) is 5.12. The second-order valence-corrected chi connectivity index (χ2v) is 7.35. The Balaban J connectivity index is 1.71. The van der Waals surface area contributed by atoms with Crippen molar-refractivity contribution >= 4 is 21.6 Å². The second kappa shape index (κ2) is 7.84. The van der Waals surface area contributed by atoms with Crippen LogP contribution in [0.2, 0.25) is 0 Å². The van der Waals surface area contributed by atoms with Crippen LogP contribution >= 0.6 is 0 Å². The molecule has 0 radical (unpaired) electrons. The van der Waals surface area contributed by atoms with E-state index in [1.807, 2.05) is 30.3 Å². The fraction of sp³-hybridized carbons (Fsp3) is 0.0500. The van der Waals surface area contributed by atoms with Gasteiger partial charge in [0.25, 0.3) is 15.9 Å². The summed E-state index contributed by atoms with van der Waals surface area (Å²) in [5.41, 5.74) is 1.71. The summed E-state index contributed by atoms with van der Waals surface area (Å²) in [6.45, 7) is 0.402. The van der Waals surface area contributed by atoms with Crippen molar-refractivity contribution < 1.29 is 13.2 Å². The van der Waals surface area contributed by atoms with Gasteiger partial charge in [0.1, 0.15) is 0 Å². The molecule has 0 aliphatic carbocycles. The van der Waals surface area contributed by atoms with Gasteiger partial charge in [-0.05, 0) is 35.9 Å². The van der Waals surface area contributed by atoms with Gasteiger partial charge < -0.3 is 5.32 Å². The van der Waals surface area contributed by atoms with Gasteiger partial charge in [-0.1, -0.05) is 54.6 Å². The molecule has 3 aromatic carbocycles. The molecule has 0 saturated heterocycles. The third kappa shape index (κ3) is 4.49. The van der Waals surface area contributed by atoms with E-state index in [0.29, 0.717) is 17.8 Å². The van der Waals surface area contributed by atoms with Crippen LogP contribution in [0.3, 0.4) is 0 Å². The third-order valence-electron chi connectivity index (χ3n) is 3.73. The molecule has 0 fully saturated rings. The highest BCUT2D eigenvalue weighted by Gasteiger charge is 2.14. The van der Waals surface area contributed by atoms with Gasteiger partial charge in [0.15, 0.2) is 0 Å². The lowest BCUT2D eigenvalue weighted by Crippen LogP contribution is -2.23. The number of sulfonamides is 1. The van der Waals surface area contributed by atoms with Crippen LogP contribution in [-0.4, -0.2) is 14.3 Å². The number of amides is 1. The van der Waals surface area contributed by atoms with E-state index in [2.05, 4.69) is 10.0 Å². The molecule has 3 rings (SSSR count). The van der Waals surface area contributed by atoms with Crippen molar-refractivity contribution in [3.05, 3.63) is 96.1 Å². The SMILES string of the molecule is O=C(NCc1ccccc1)c1cccc(NS(=O)(=O)c2ccccc2)c1. The smallest absolute Gasteiger partial charge is 0.261 e. The number of anilines is 1. The van der Waals surface area contributed by atoms with E-state index in [0.717, 1.165) is 5.56 Å². The van der Waals surface area contributed by atoms with E-state index in [1.54, 1.807) is 36.4 Å². The fourth-order valence-corrected chi connectivity index (χ4v) is 3.49. The Kier molecular flexibility index (Phi) is 5.34. The molecule has 0 aliphatic rings. The first-order valence-electron chi connectivity index (χ1n) is 8.05. The van der Waals surface area contributed by atoms with Gasteiger partial charge in [-0.2, -0.15) is 0 Å². The van der Waals surface area contributed by atoms with E-state index in [-0.39, 0.29) is 10.8 Å². The van der Waals surface area contributed by atoms with Gasteiger partial charge in [0.2, 0.25) is 0 Å². The minimum absolute atomic E-state index is 0.166. The summed E-state index contributed by atoms with van der Waals surface area (Å²) in [6, 6.07) is 24.0. The van der Waals surface area contributed by atoms with Crippen molar-refractivity contribution in [3.8, 4) is 0 Å². The lowest BCUT2D eigenvalue weighted by Gasteiger charge is -2.10. The number of carbonyl (C=O) groups excluding carboxylic acids is 1. The van der Waals surface area contributed by atoms with Gasteiger partial charge >= 0.3 is 0 Å². The van der Waals surface area contributed by atoms with Crippen LogP contribution in [0.1, 0.15) is 15.9 Å². The molecule has 1 amide bonds. The lowest BCUT2D eigenvalue weighted by molar-refractivity contribution is 0.0951. The van der Waals surface area contributed by atoms with Gasteiger partial charge in [-0.25, -0.2) is 8.42 Å². The standard InChI is InChI=1S/C20H18N2O3S/c23-20(21-15-16-8-3-1-4-9-16)17-10-7-11-18(14-17)22-26(24,25)19-12-5-2-6-13-19/h1-14,22H,15H2,(H,21,23). The molecular weight excluding hydrogens is 348 g/mol. The molecule has 0 atom stereocenters. The summed E-state index contributed by atoms with van der Waals surface area (Å²) in [7, 11) is -3.69. The molecule has 26 heavy (non-hydrogen) atoms. The van der Waals surface area contributed by atoms with Crippen molar-refractivity contribution in [2.24, 2.45) is 0 Å². The number of carbonyl (C=O) groups is 1. The average molecular weight is 366 g/mol. The highest BCUT2D eigenvalue weighted by molar-refractivity contribution is 7.92. The molecule has 2 N–H and O–H groups in total. The van der Waals surface area contributed by atoms with E-state index in [9.17, 15) is 13.2 Å². The maximum Gasteiger partial charge on any atom is 0.261 e. The van der Waals surface area contributed by atoms with E-state index >= 15 is 0 Å². The zero-order chi connectivity index (χ0) is 18.4. The van der Waals surface area contributed by atoms with Crippen LogP contribution in [0.5, 0.6) is 0 Å². The van der Waals surface area contributed by atoms with E-state index in [1.165, 1.54) is 18.2 Å². The second-order valence-electron chi connectivity index (χ2n) is 5.67. The zero-order valence-electron chi connectivity index (χ0n) is 13.9. The molecule has 0 spiro atoms. The summed E-state index contributed by atoms with van der Waals surface area (Å²) >= 11 is 0. The lowest BCUT2D eigenvalue weighted by atomic mass is 10.2. The summed E-state index contributed by atoms with van der Waals surface area (Å²) < 4.78 is 27.3. The Hall–Kier alpha value is -3.12. The Labute approximate surface area is 152 Å². The summed E-state index contributed by atoms with van der Waals surface area (Å²) in [6.07, 6.45) is 0. The summed E-state index contributed by atoms with van der Waals surface area (Å²) in [5, 5.41) is 2.82. The van der Waals surface area contributed by atoms with Gasteiger partial charge in [0, 0.05) is 17.8 Å². The minimum Gasteiger partial charge on any atom is -0.348 e. The Morgan fingerprint density at radius 1 is 0.808 bits per heavy atom. The zero-order valence-corrected chi connectivity index (χ0v) is 14.7. The number of benzene rings is 3. The molecule has 0 aliphatic heterocycles. The Bertz CT molecular complexity index is 988. The Morgan fingerprint density at radius 2 is 1.46 bits per heavy atom. The van der Waals surface area contributed by atoms with Crippen molar-refractivity contribution in [2.45, 2.75) is 11.4 Å². The monoisotopic (exact) mass is 366 g/mol. The molecule has 0 aromatic heterocycles. The average Bonchev–Trinajstić information content (AvgIpc) is 2.67. The van der Waals surface area contributed by atoms with Gasteiger partial charge in [-0.15, -0.1) is 0 Å². The van der Waals surface area contributed by atoms with Crippen LogP contribution in [-0.2, 0) is 16.6 Å². The Morgan fingerprint density at radius 3 is 2.15 bits per heavy atom. The molecule has 0 bridgehead atoms. The molecule has 132 valence electrons. The normalized spacial score (nSPS) is 10.9. The van der Waals surface area contributed by atoms with Gasteiger partial charge in [0.05, 0.1) is 4.90 Å². The number of hydrogen-bond donors (Lipinski definition) is 2. The van der Waals surface area contributed by atoms with Crippen LogP contribution in [0.25, 0.3) is 0 Å². The maximum absolute atomic E-state index is 12.4. The number of hydrogen-bond acceptors (Lipinski definition) is 3. The van der Waals surface area contributed by atoms with Crippen LogP contribution in [0.4, 0.5) is 5.69 Å². The first-order valence-corrected chi connectivity index (χ1v) is 9.53. The maximum atomic E-state index is 12.4. The summed E-state index contributed by atoms with van der Waals surface area (Å²) in [4.78, 5) is 12.5. The first kappa shape index (κ1) is 17.7. The molecule has 0 saturated carbocycles. The molecule has 5 nitrogen and oxygen atoms in total. The predicted molar refractivity (Wildman–Crippen MR) is 101 cm³/mol. The molecule has 0 heterocycles. The molecule has 6 heteroatoms. The van der Waals surface area contributed by atoms with E-state index < -0.39 is 10.0 Å². The quantitative estimate of drug-likeness (QED) is 0.702. The van der Waals surface area contributed by atoms with Crippen LogP contribution < -0.4 is 10.0 Å². The van der Waals surface area contributed by atoms with E-state index in [4.69, 9.17) is 0 Å². The highest BCUT2D eigenvalue weighted by atomic mass is 32.2. The van der Waals surface area contributed by atoms with Crippen LogP contribution in [0, 0.1) is 0 Å². The van der Waals surface area contributed by atoms with Crippen molar-refractivity contribution in [1.82, 2.24) is 5.32 Å². The van der Waals surface area contributed by atoms with Crippen molar-refractivity contribution in [2.75, 3.05) is 4.72 Å². The van der Waals surface area contributed by atoms with Crippen molar-refractivity contribution in [1.29, 1.82) is 0 Å². The molecular formula is C20H18N2O3S. The van der Waals surface area contributed by atoms with Crippen molar-refractivity contribution in [3.63, 3.8) is 0 Å². The largest absolute Gasteiger partial charge is 0.348 e. The van der Waals surface area contributed by atoms with Gasteiger partial charge in [-0.3, -0.25) is 9.52 Å². The van der Waals surface area contributed by atoms with Crippen LogP contribution in [0.15, 0.2) is 89.8 Å². The number of rotatable bonds is 6.